The van der Waals surface area contributed by atoms with E-state index in [4.69, 9.17) is 34.7 Å². The molecule has 0 aliphatic carbocycles. The summed E-state index contributed by atoms with van der Waals surface area (Å²) in [5.74, 6) is -0.580. The van der Waals surface area contributed by atoms with E-state index in [1.54, 1.807) is 36.4 Å². The summed E-state index contributed by atoms with van der Waals surface area (Å²) < 4.78 is 0. The van der Waals surface area contributed by atoms with Gasteiger partial charge >= 0.3 is 0 Å². The molecule has 0 unspecified atom stereocenters. The molecule has 0 saturated carbocycles. The SMILES string of the molecule is NC(=O)c1cccc(Nc2ccc(Cl)cc2Cl)c1N. The Hall–Kier alpha value is -1.91. The first-order valence-electron chi connectivity index (χ1n) is 5.39. The summed E-state index contributed by atoms with van der Waals surface area (Å²) in [6.45, 7) is 0. The van der Waals surface area contributed by atoms with E-state index in [1.165, 1.54) is 0 Å². The molecule has 5 N–H and O–H groups in total. The molecule has 1 amide bonds. The molecule has 0 aliphatic heterocycles. The van der Waals surface area contributed by atoms with Gasteiger partial charge in [0.1, 0.15) is 0 Å². The number of para-hydroxylation sites is 1. The summed E-state index contributed by atoms with van der Waals surface area (Å²) in [6, 6.07) is 10.0. The molecule has 2 aromatic rings. The van der Waals surface area contributed by atoms with Crippen LogP contribution in [-0.4, -0.2) is 5.91 Å². The standard InChI is InChI=1S/C13H11Cl2N3O/c14-7-4-5-10(9(15)6-7)18-11-3-1-2-8(12(11)16)13(17)19/h1-6,18H,16H2,(H2,17,19). The van der Waals surface area contributed by atoms with Crippen molar-refractivity contribution in [3.8, 4) is 0 Å². The van der Waals surface area contributed by atoms with Gasteiger partial charge in [0.25, 0.3) is 5.91 Å². The highest BCUT2D eigenvalue weighted by Gasteiger charge is 2.10. The van der Waals surface area contributed by atoms with Crippen LogP contribution in [0, 0.1) is 0 Å². The summed E-state index contributed by atoms with van der Waals surface area (Å²) in [6.07, 6.45) is 0. The first-order chi connectivity index (χ1) is 8.99. The monoisotopic (exact) mass is 295 g/mol. The van der Waals surface area contributed by atoms with E-state index < -0.39 is 5.91 Å². The van der Waals surface area contributed by atoms with E-state index in [0.29, 0.717) is 21.4 Å². The van der Waals surface area contributed by atoms with Crippen LogP contribution in [0.4, 0.5) is 17.1 Å². The van der Waals surface area contributed by atoms with Crippen molar-refractivity contribution < 1.29 is 4.79 Å². The summed E-state index contributed by atoms with van der Waals surface area (Å²) in [5, 5.41) is 4.03. The highest BCUT2D eigenvalue weighted by atomic mass is 35.5. The lowest BCUT2D eigenvalue weighted by atomic mass is 10.1. The van der Waals surface area contributed by atoms with Gasteiger partial charge in [-0.25, -0.2) is 0 Å². The Morgan fingerprint density at radius 1 is 1.11 bits per heavy atom. The van der Waals surface area contributed by atoms with Gasteiger partial charge in [0.05, 0.1) is 27.6 Å². The number of nitrogen functional groups attached to an aromatic ring is 1. The normalized spacial score (nSPS) is 10.2. The van der Waals surface area contributed by atoms with Gasteiger partial charge in [0.2, 0.25) is 0 Å². The van der Waals surface area contributed by atoms with Crippen LogP contribution in [0.15, 0.2) is 36.4 Å². The predicted molar refractivity (Wildman–Crippen MR) is 79.1 cm³/mol. The van der Waals surface area contributed by atoms with Crippen LogP contribution < -0.4 is 16.8 Å². The van der Waals surface area contributed by atoms with Gasteiger partial charge in [0, 0.05) is 5.02 Å². The molecule has 0 saturated heterocycles. The quantitative estimate of drug-likeness (QED) is 0.759. The van der Waals surface area contributed by atoms with Crippen LogP contribution in [0.5, 0.6) is 0 Å². The molecule has 0 bridgehead atoms. The van der Waals surface area contributed by atoms with Crippen LogP contribution in [0.1, 0.15) is 10.4 Å². The molecule has 2 rings (SSSR count). The van der Waals surface area contributed by atoms with Gasteiger partial charge in [0.15, 0.2) is 0 Å². The van der Waals surface area contributed by atoms with Gasteiger partial charge in [-0.2, -0.15) is 0 Å². The average molecular weight is 296 g/mol. The number of hydrogen-bond donors (Lipinski definition) is 3. The number of benzene rings is 2. The van der Waals surface area contributed by atoms with Crippen LogP contribution in [0.3, 0.4) is 0 Å². The van der Waals surface area contributed by atoms with Gasteiger partial charge < -0.3 is 16.8 Å². The number of amides is 1. The van der Waals surface area contributed by atoms with Crippen molar-refractivity contribution in [2.75, 3.05) is 11.1 Å². The summed E-state index contributed by atoms with van der Waals surface area (Å²) >= 11 is 11.9. The number of anilines is 3. The number of nitrogens with two attached hydrogens (primary N) is 2. The zero-order chi connectivity index (χ0) is 14.0. The molecular formula is C13H11Cl2N3O. The Morgan fingerprint density at radius 3 is 2.47 bits per heavy atom. The molecule has 19 heavy (non-hydrogen) atoms. The van der Waals surface area contributed by atoms with E-state index in [9.17, 15) is 4.79 Å². The Balaban J connectivity index is 2.38. The van der Waals surface area contributed by atoms with E-state index in [0.717, 1.165) is 0 Å². The third-order valence-electron chi connectivity index (χ3n) is 2.57. The summed E-state index contributed by atoms with van der Waals surface area (Å²) in [7, 11) is 0. The van der Waals surface area contributed by atoms with Gasteiger partial charge in [-0.15, -0.1) is 0 Å². The molecule has 0 fully saturated rings. The van der Waals surface area contributed by atoms with Gasteiger partial charge in [-0.1, -0.05) is 29.3 Å². The van der Waals surface area contributed by atoms with Crippen molar-refractivity contribution in [2.24, 2.45) is 5.73 Å². The minimum absolute atomic E-state index is 0.259. The number of rotatable bonds is 3. The lowest BCUT2D eigenvalue weighted by Crippen LogP contribution is -2.14. The Morgan fingerprint density at radius 2 is 1.84 bits per heavy atom. The lowest BCUT2D eigenvalue weighted by molar-refractivity contribution is 0.100. The van der Waals surface area contributed by atoms with Crippen LogP contribution >= 0.6 is 23.2 Å². The van der Waals surface area contributed by atoms with E-state index in [2.05, 4.69) is 5.32 Å². The van der Waals surface area contributed by atoms with Crippen molar-refractivity contribution in [2.45, 2.75) is 0 Å². The molecule has 4 nitrogen and oxygen atoms in total. The van der Waals surface area contributed by atoms with Crippen LogP contribution in [0.25, 0.3) is 0 Å². The Bertz CT molecular complexity index is 644. The van der Waals surface area contributed by atoms with Crippen LogP contribution in [-0.2, 0) is 0 Å². The van der Waals surface area contributed by atoms with E-state index >= 15 is 0 Å². The van der Waals surface area contributed by atoms with Crippen molar-refractivity contribution >= 4 is 46.2 Å². The molecule has 98 valence electrons. The summed E-state index contributed by atoms with van der Waals surface area (Å²) in [4.78, 5) is 11.2. The third kappa shape index (κ3) is 2.92. The predicted octanol–water partition coefficient (Wildman–Crippen LogP) is 3.42. The largest absolute Gasteiger partial charge is 0.396 e. The number of nitrogens with one attached hydrogen (secondary N) is 1. The number of halogens is 2. The molecule has 0 aromatic heterocycles. The first kappa shape index (κ1) is 13.5. The number of carbonyl (C=O) groups is 1. The molecule has 0 heterocycles. The van der Waals surface area contributed by atoms with E-state index in [1.807, 2.05) is 0 Å². The Kier molecular flexibility index (Phi) is 3.83. The second-order valence-electron chi connectivity index (χ2n) is 3.88. The summed E-state index contributed by atoms with van der Waals surface area (Å²) in [5.41, 5.74) is 12.8. The minimum atomic E-state index is -0.580. The highest BCUT2D eigenvalue weighted by Crippen LogP contribution is 2.31. The molecule has 6 heteroatoms. The fourth-order valence-electron chi connectivity index (χ4n) is 1.63. The molecule has 0 radical (unpaired) electrons. The maximum Gasteiger partial charge on any atom is 0.250 e. The fraction of sp³-hybridized carbons (Fsp3) is 0. The second-order valence-corrected chi connectivity index (χ2v) is 4.72. The van der Waals surface area contributed by atoms with Crippen molar-refractivity contribution in [1.82, 2.24) is 0 Å². The van der Waals surface area contributed by atoms with Crippen molar-refractivity contribution in [3.63, 3.8) is 0 Å². The molecule has 0 atom stereocenters. The van der Waals surface area contributed by atoms with Crippen LogP contribution in [0.2, 0.25) is 10.0 Å². The maximum atomic E-state index is 11.2. The Labute approximate surface area is 120 Å². The minimum Gasteiger partial charge on any atom is -0.396 e. The van der Waals surface area contributed by atoms with Gasteiger partial charge in [-0.3, -0.25) is 4.79 Å². The number of hydrogen-bond acceptors (Lipinski definition) is 3. The number of carbonyl (C=O) groups excluding carboxylic acids is 1. The topological polar surface area (TPSA) is 81.1 Å². The zero-order valence-electron chi connectivity index (χ0n) is 9.78. The molecule has 0 spiro atoms. The lowest BCUT2D eigenvalue weighted by Gasteiger charge is -2.12. The van der Waals surface area contributed by atoms with Crippen molar-refractivity contribution in [1.29, 1.82) is 0 Å². The maximum absolute atomic E-state index is 11.2. The smallest absolute Gasteiger partial charge is 0.250 e. The first-order valence-corrected chi connectivity index (χ1v) is 6.15. The molecule has 0 aliphatic rings. The van der Waals surface area contributed by atoms with Gasteiger partial charge in [-0.05, 0) is 30.3 Å². The van der Waals surface area contributed by atoms with Crippen molar-refractivity contribution in [3.05, 3.63) is 52.0 Å². The van der Waals surface area contributed by atoms with E-state index in [-0.39, 0.29) is 11.3 Å². The highest BCUT2D eigenvalue weighted by molar-refractivity contribution is 6.36. The third-order valence-corrected chi connectivity index (χ3v) is 3.12. The molecule has 2 aromatic carbocycles. The number of primary amides is 1. The fourth-order valence-corrected chi connectivity index (χ4v) is 2.08. The second kappa shape index (κ2) is 5.38. The zero-order valence-corrected chi connectivity index (χ0v) is 11.3. The average Bonchev–Trinajstić information content (AvgIpc) is 2.34. The molecular weight excluding hydrogens is 285 g/mol.